The minimum absolute atomic E-state index is 0.0211. The predicted octanol–water partition coefficient (Wildman–Crippen LogP) is 4.29. The zero-order chi connectivity index (χ0) is 25.6. The summed E-state index contributed by atoms with van der Waals surface area (Å²) in [6.07, 6.45) is 12.8. The van der Waals surface area contributed by atoms with Gasteiger partial charge < -0.3 is 26.8 Å². The van der Waals surface area contributed by atoms with Gasteiger partial charge in [-0.25, -0.2) is 9.79 Å². The van der Waals surface area contributed by atoms with Crippen LogP contribution in [0.4, 0.5) is 16.2 Å². The first-order valence-electron chi connectivity index (χ1n) is 14.1. The lowest BCUT2D eigenvalue weighted by Crippen LogP contribution is -2.58. The molecule has 6 aliphatic rings. The summed E-state index contributed by atoms with van der Waals surface area (Å²) in [5.41, 5.74) is 13.4. The summed E-state index contributed by atoms with van der Waals surface area (Å²) in [6.45, 7) is 2.56. The summed E-state index contributed by atoms with van der Waals surface area (Å²) in [5.74, 6) is 3.10. The smallest absolute Gasteiger partial charge is 0.319 e. The predicted molar refractivity (Wildman–Crippen MR) is 146 cm³/mol. The van der Waals surface area contributed by atoms with Gasteiger partial charge in [0.25, 0.3) is 0 Å². The number of carbonyl (C=O) groups is 1. The van der Waals surface area contributed by atoms with Gasteiger partial charge in [0.1, 0.15) is 5.66 Å². The topological polar surface area (TPSA) is 130 Å². The van der Waals surface area contributed by atoms with Gasteiger partial charge in [-0.3, -0.25) is 4.90 Å². The number of hydrogen-bond donors (Lipinski definition) is 4. The van der Waals surface area contributed by atoms with Crippen molar-refractivity contribution in [1.29, 1.82) is 0 Å². The number of benzene rings is 1. The van der Waals surface area contributed by atoms with Gasteiger partial charge in [-0.1, -0.05) is 12.5 Å². The maximum absolute atomic E-state index is 12.8. The van der Waals surface area contributed by atoms with Gasteiger partial charge in [0.2, 0.25) is 11.9 Å². The van der Waals surface area contributed by atoms with Crippen molar-refractivity contribution in [3.8, 4) is 0 Å². The first kappa shape index (κ1) is 24.5. The largest absolute Gasteiger partial charge is 0.370 e. The number of amides is 2. The zero-order valence-corrected chi connectivity index (χ0v) is 21.9. The fourth-order valence-corrected chi connectivity index (χ4v) is 8.27. The Labute approximate surface area is 219 Å². The molecule has 1 spiro atoms. The molecule has 7 rings (SSSR count). The molecule has 5 saturated carbocycles. The Morgan fingerprint density at radius 3 is 2.46 bits per heavy atom. The van der Waals surface area contributed by atoms with Crippen LogP contribution >= 0.6 is 0 Å². The van der Waals surface area contributed by atoms with Gasteiger partial charge in [-0.05, 0) is 107 Å². The molecule has 0 aromatic heterocycles. The van der Waals surface area contributed by atoms with Gasteiger partial charge in [-0.2, -0.15) is 4.99 Å². The molecule has 9 heteroatoms. The molecule has 2 amide bonds. The number of nitrogens with zero attached hydrogens (tertiary/aromatic N) is 3. The summed E-state index contributed by atoms with van der Waals surface area (Å²) in [6, 6.07) is 7.44. The van der Waals surface area contributed by atoms with Gasteiger partial charge in [0.05, 0.1) is 11.7 Å². The van der Waals surface area contributed by atoms with Crippen LogP contribution in [0.15, 0.2) is 34.3 Å². The highest BCUT2D eigenvalue weighted by Crippen LogP contribution is 2.57. The van der Waals surface area contributed by atoms with Crippen LogP contribution in [0.25, 0.3) is 0 Å². The van der Waals surface area contributed by atoms with E-state index < -0.39 is 5.66 Å². The monoisotopic (exact) mass is 507 g/mol. The Morgan fingerprint density at radius 2 is 1.78 bits per heavy atom. The van der Waals surface area contributed by atoms with Crippen molar-refractivity contribution < 1.29 is 9.53 Å². The molecule has 0 saturated heterocycles. The highest BCUT2D eigenvalue weighted by molar-refractivity contribution is 6.06. The van der Waals surface area contributed by atoms with E-state index in [0.29, 0.717) is 18.2 Å². The van der Waals surface area contributed by atoms with E-state index in [0.717, 1.165) is 49.1 Å². The van der Waals surface area contributed by atoms with E-state index in [1.807, 2.05) is 29.2 Å². The number of carbonyl (C=O) groups excluding carboxylic acids is 1. The molecule has 6 N–H and O–H groups in total. The lowest BCUT2D eigenvalue weighted by atomic mass is 9.54. The number of anilines is 2. The third-order valence-electron chi connectivity index (χ3n) is 9.20. The molecule has 37 heavy (non-hydrogen) atoms. The highest BCUT2D eigenvalue weighted by atomic mass is 16.5. The van der Waals surface area contributed by atoms with Crippen LogP contribution in [0.2, 0.25) is 0 Å². The molecule has 200 valence electrons. The van der Waals surface area contributed by atoms with E-state index in [-0.39, 0.29) is 23.7 Å². The molecule has 9 nitrogen and oxygen atoms in total. The molecule has 1 aromatic rings. The third-order valence-corrected chi connectivity index (χ3v) is 9.20. The van der Waals surface area contributed by atoms with E-state index in [1.165, 1.54) is 44.9 Å². The quantitative estimate of drug-likeness (QED) is 0.456. The molecule has 5 fully saturated rings. The summed E-state index contributed by atoms with van der Waals surface area (Å²) >= 11 is 0. The van der Waals surface area contributed by atoms with Crippen molar-refractivity contribution in [3.63, 3.8) is 0 Å². The number of hydrogen-bond acceptors (Lipinski definition) is 7. The SMILES string of the molecule is CC(CNC(=O)Nc1cccc(N2C(N)=NC(N)=NC23CCCCC3)c1)OC12CC3CC(CC(C3)C1)C2. The Balaban J connectivity index is 1.07. The summed E-state index contributed by atoms with van der Waals surface area (Å²) in [5, 5.41) is 5.99. The van der Waals surface area contributed by atoms with E-state index in [9.17, 15) is 4.79 Å². The maximum Gasteiger partial charge on any atom is 0.319 e. The minimum atomic E-state index is -0.515. The van der Waals surface area contributed by atoms with Crippen LogP contribution in [0, 0.1) is 17.8 Å². The Bertz CT molecular complexity index is 1060. The Morgan fingerprint density at radius 1 is 1.11 bits per heavy atom. The normalized spacial score (nSPS) is 32.6. The molecular formula is C28H41N7O2. The van der Waals surface area contributed by atoms with Crippen molar-refractivity contribution >= 4 is 29.3 Å². The average molecular weight is 508 g/mol. The second kappa shape index (κ2) is 9.49. The van der Waals surface area contributed by atoms with Gasteiger partial charge in [0.15, 0.2) is 0 Å². The zero-order valence-electron chi connectivity index (χ0n) is 21.9. The average Bonchev–Trinajstić information content (AvgIpc) is 2.82. The summed E-state index contributed by atoms with van der Waals surface area (Å²) < 4.78 is 6.63. The van der Waals surface area contributed by atoms with Crippen LogP contribution in [0.5, 0.6) is 0 Å². The van der Waals surface area contributed by atoms with Gasteiger partial charge >= 0.3 is 6.03 Å². The Kier molecular flexibility index (Phi) is 6.29. The first-order chi connectivity index (χ1) is 17.8. The number of guanidine groups is 2. The number of nitrogens with one attached hydrogen (secondary N) is 2. The molecule has 1 atom stereocenters. The van der Waals surface area contributed by atoms with Crippen molar-refractivity contribution in [2.75, 3.05) is 16.8 Å². The van der Waals surface area contributed by atoms with E-state index in [1.54, 1.807) is 0 Å². The Hall–Kier alpha value is -2.81. The van der Waals surface area contributed by atoms with E-state index in [2.05, 4.69) is 22.5 Å². The molecule has 5 aliphatic carbocycles. The lowest BCUT2D eigenvalue weighted by Gasteiger charge is -2.57. The van der Waals surface area contributed by atoms with Crippen LogP contribution in [-0.4, -0.2) is 41.9 Å². The molecule has 1 unspecified atom stereocenters. The lowest BCUT2D eigenvalue weighted by molar-refractivity contribution is -0.182. The van der Waals surface area contributed by atoms with Crippen molar-refractivity contribution in [1.82, 2.24) is 5.32 Å². The fraction of sp³-hybridized carbons (Fsp3) is 0.679. The second-order valence-corrected chi connectivity index (χ2v) is 12.2. The van der Waals surface area contributed by atoms with Crippen LogP contribution < -0.4 is 27.0 Å². The number of urea groups is 1. The first-order valence-corrected chi connectivity index (χ1v) is 14.1. The van der Waals surface area contributed by atoms with Crippen molar-refractivity contribution in [2.45, 2.75) is 94.9 Å². The molecule has 1 aromatic carbocycles. The maximum atomic E-state index is 12.8. The number of aliphatic imine (C=N–C) groups is 2. The molecule has 1 heterocycles. The van der Waals surface area contributed by atoms with Crippen molar-refractivity contribution in [3.05, 3.63) is 24.3 Å². The third kappa shape index (κ3) is 4.90. The number of nitrogens with two attached hydrogens (primary N) is 2. The standard InChI is InChI=1S/C28H41N7O2/c1-18(37-27-14-19-10-20(15-27)12-21(11-19)16-27)17-31-26(36)32-22-6-5-7-23(13-22)35-25(30)33-24(29)34-28(35)8-3-2-4-9-28/h5-7,13,18-21H,2-4,8-12,14-17H2,1H3,(H2,31,32,36)(H4,29,30,33,34). The number of rotatable bonds is 6. The minimum Gasteiger partial charge on any atom is -0.370 e. The number of ether oxygens (including phenoxy) is 1. The fourth-order valence-electron chi connectivity index (χ4n) is 8.27. The molecular weight excluding hydrogens is 466 g/mol. The summed E-state index contributed by atoms with van der Waals surface area (Å²) in [4.78, 5) is 23.7. The van der Waals surface area contributed by atoms with Crippen molar-refractivity contribution in [2.24, 2.45) is 39.2 Å². The van der Waals surface area contributed by atoms with Gasteiger partial charge in [-0.15, -0.1) is 0 Å². The molecule has 1 aliphatic heterocycles. The molecule has 4 bridgehead atoms. The second-order valence-electron chi connectivity index (χ2n) is 12.2. The van der Waals surface area contributed by atoms with E-state index >= 15 is 0 Å². The highest BCUT2D eigenvalue weighted by Gasteiger charge is 2.52. The van der Waals surface area contributed by atoms with Crippen LogP contribution in [0.1, 0.15) is 77.6 Å². The van der Waals surface area contributed by atoms with Gasteiger partial charge in [0, 0.05) is 17.9 Å². The van der Waals surface area contributed by atoms with Crippen LogP contribution in [-0.2, 0) is 4.74 Å². The van der Waals surface area contributed by atoms with Crippen LogP contribution in [0.3, 0.4) is 0 Å². The summed E-state index contributed by atoms with van der Waals surface area (Å²) in [7, 11) is 0. The molecule has 0 radical (unpaired) electrons. The van der Waals surface area contributed by atoms with E-state index in [4.69, 9.17) is 21.2 Å².